The number of nitrogens with two attached hydrogens (primary N) is 1. The molecule has 4 rings (SSSR count). The molecular weight excluding hydrogens is 354 g/mol. The van der Waals surface area contributed by atoms with Crippen LogP contribution in [0.5, 0.6) is 0 Å². The van der Waals surface area contributed by atoms with E-state index in [-0.39, 0.29) is 0 Å². The van der Waals surface area contributed by atoms with Crippen LogP contribution in [0.1, 0.15) is 16.0 Å². The molecule has 2 aromatic carbocycles. The second-order valence-corrected chi connectivity index (χ2v) is 7.02. The van der Waals surface area contributed by atoms with Crippen molar-refractivity contribution < 1.29 is 0 Å². The molecule has 0 aliphatic carbocycles. The van der Waals surface area contributed by atoms with Crippen LogP contribution in [-0.4, -0.2) is 6.21 Å². The Morgan fingerprint density at radius 1 is 1.15 bits per heavy atom. The van der Waals surface area contributed by atoms with Crippen molar-refractivity contribution in [3.8, 4) is 6.07 Å². The van der Waals surface area contributed by atoms with Crippen LogP contribution in [0.3, 0.4) is 0 Å². The van der Waals surface area contributed by atoms with Gasteiger partial charge in [0.15, 0.2) is 0 Å². The molecule has 1 aromatic heterocycles. The van der Waals surface area contributed by atoms with Crippen LogP contribution >= 0.6 is 11.3 Å². The summed E-state index contributed by atoms with van der Waals surface area (Å²) < 4.78 is 0. The Bertz CT molecular complexity index is 1030. The van der Waals surface area contributed by atoms with Gasteiger partial charge in [0.1, 0.15) is 11.1 Å². The van der Waals surface area contributed by atoms with Crippen LogP contribution in [0, 0.1) is 18.3 Å². The van der Waals surface area contributed by atoms with Crippen LogP contribution < -0.4 is 16.5 Å². The Morgan fingerprint density at radius 2 is 1.93 bits per heavy atom. The maximum Gasteiger partial charge on any atom is 0.111 e. The summed E-state index contributed by atoms with van der Waals surface area (Å²) in [6, 6.07) is 19.6. The summed E-state index contributed by atoms with van der Waals surface area (Å²) in [7, 11) is 0. The van der Waals surface area contributed by atoms with Gasteiger partial charge in [0.25, 0.3) is 0 Å². The van der Waals surface area contributed by atoms with Gasteiger partial charge in [-0.3, -0.25) is 5.43 Å². The van der Waals surface area contributed by atoms with Gasteiger partial charge in [-0.25, -0.2) is 0 Å². The summed E-state index contributed by atoms with van der Waals surface area (Å²) >= 11 is 1.55. The summed E-state index contributed by atoms with van der Waals surface area (Å²) in [5, 5.41) is 16.9. The van der Waals surface area contributed by atoms with Gasteiger partial charge in [-0.1, -0.05) is 36.4 Å². The van der Waals surface area contributed by atoms with E-state index in [2.05, 4.69) is 21.9 Å². The van der Waals surface area contributed by atoms with Gasteiger partial charge in [0.2, 0.25) is 0 Å². The van der Waals surface area contributed by atoms with Crippen LogP contribution in [-0.2, 0) is 0 Å². The Morgan fingerprint density at radius 3 is 2.74 bits per heavy atom. The van der Waals surface area contributed by atoms with Gasteiger partial charge < -0.3 is 11.1 Å². The second kappa shape index (κ2) is 8.70. The average molecular weight is 373 g/mol. The van der Waals surface area contributed by atoms with E-state index >= 15 is 0 Å². The number of allylic oxidation sites excluding steroid dienone is 1. The lowest BCUT2D eigenvalue weighted by Gasteiger charge is -2.06. The molecule has 0 saturated heterocycles. The molecule has 134 valence electrons. The number of para-hydroxylation sites is 3. The van der Waals surface area contributed by atoms with Crippen LogP contribution in [0.25, 0.3) is 6.08 Å². The molecule has 0 unspecified atom stereocenters. The highest BCUT2D eigenvalue weighted by Crippen LogP contribution is 2.31. The number of rotatable bonds is 2. The molecule has 0 saturated carbocycles. The average Bonchev–Trinajstić information content (AvgIpc) is 2.89. The molecule has 0 spiro atoms. The molecule has 6 heteroatoms. The van der Waals surface area contributed by atoms with Gasteiger partial charge in [0, 0.05) is 11.1 Å². The van der Waals surface area contributed by atoms with E-state index in [1.54, 1.807) is 17.6 Å². The number of hydrogen-bond donors (Lipinski definition) is 3. The molecule has 1 aliphatic rings. The third-order valence-corrected chi connectivity index (χ3v) is 4.73. The zero-order chi connectivity index (χ0) is 19.1. The quantitative estimate of drug-likeness (QED) is 0.527. The number of hydrazone groups is 1. The Balaban J connectivity index is 0.000000166. The Kier molecular flexibility index (Phi) is 5.87. The van der Waals surface area contributed by atoms with Crippen LogP contribution in [0.4, 0.5) is 22.1 Å². The summed E-state index contributed by atoms with van der Waals surface area (Å²) in [5.74, 6) is 0. The number of nitrogens with one attached hydrogen (secondary N) is 2. The standard InChI is InChI=1S/C12H11N3S.C9H8N2/c1-8-6-9(7-13)12(16-8)15-11-5-3-2-4-10(11)14;1-2-6-9-8(4-1)5-3-7-10-11-9/h2-6,15H,14H2,1H3;1-7,11H. The highest BCUT2D eigenvalue weighted by Gasteiger charge is 2.07. The lowest BCUT2D eigenvalue weighted by atomic mass is 10.2. The molecular formula is C21H19N5S. The van der Waals surface area contributed by atoms with E-state index < -0.39 is 0 Å². The fourth-order valence-electron chi connectivity index (χ4n) is 2.46. The maximum absolute atomic E-state index is 8.96. The SMILES string of the molecule is C1=Cc2ccccc2NN=C1.Cc1cc(C#N)c(Nc2ccccc2N)s1. The Hall–Kier alpha value is -3.56. The topological polar surface area (TPSA) is 86.2 Å². The molecule has 3 aromatic rings. The van der Waals surface area contributed by atoms with Gasteiger partial charge in [-0.2, -0.15) is 10.4 Å². The first-order valence-electron chi connectivity index (χ1n) is 8.34. The molecule has 0 fully saturated rings. The normalized spacial score (nSPS) is 11.3. The first kappa shape index (κ1) is 18.2. The van der Waals surface area contributed by atoms with E-state index in [4.69, 9.17) is 11.0 Å². The monoisotopic (exact) mass is 373 g/mol. The number of benzene rings is 2. The molecule has 0 radical (unpaired) electrons. The van der Waals surface area contributed by atoms with E-state index in [0.29, 0.717) is 11.3 Å². The molecule has 0 amide bonds. The van der Waals surface area contributed by atoms with Crippen molar-refractivity contribution in [1.82, 2.24) is 0 Å². The van der Waals surface area contributed by atoms with Crippen LogP contribution in [0.2, 0.25) is 0 Å². The maximum atomic E-state index is 8.96. The fourth-order valence-corrected chi connectivity index (χ4v) is 3.34. The third-order valence-electron chi connectivity index (χ3n) is 3.77. The lowest BCUT2D eigenvalue weighted by Crippen LogP contribution is -1.95. The highest BCUT2D eigenvalue weighted by molar-refractivity contribution is 7.16. The van der Waals surface area contributed by atoms with Crippen molar-refractivity contribution >= 4 is 45.7 Å². The van der Waals surface area contributed by atoms with Crippen LogP contribution in [0.15, 0.2) is 65.8 Å². The number of nitrogens with zero attached hydrogens (tertiary/aromatic N) is 2. The predicted molar refractivity (Wildman–Crippen MR) is 115 cm³/mol. The minimum Gasteiger partial charge on any atom is -0.397 e. The first-order chi connectivity index (χ1) is 13.2. The van der Waals surface area contributed by atoms with E-state index in [9.17, 15) is 0 Å². The minimum absolute atomic E-state index is 0.658. The number of nitriles is 1. The number of aryl methyl sites for hydroxylation is 1. The Labute approximate surface area is 162 Å². The van der Waals surface area contributed by atoms with Gasteiger partial charge >= 0.3 is 0 Å². The predicted octanol–water partition coefficient (Wildman–Crippen LogP) is 5.37. The van der Waals surface area contributed by atoms with Crippen molar-refractivity contribution in [1.29, 1.82) is 5.26 Å². The number of thiophene rings is 1. The van der Waals surface area contributed by atoms with Crippen molar-refractivity contribution in [3.63, 3.8) is 0 Å². The zero-order valence-corrected chi connectivity index (χ0v) is 15.6. The molecule has 0 bridgehead atoms. The number of fused-ring (bicyclic) bond motifs is 1. The summed E-state index contributed by atoms with van der Waals surface area (Å²) in [6.07, 6.45) is 5.68. The minimum atomic E-state index is 0.658. The van der Waals surface area contributed by atoms with Crippen molar-refractivity contribution in [2.24, 2.45) is 5.10 Å². The second-order valence-electron chi connectivity index (χ2n) is 5.76. The smallest absolute Gasteiger partial charge is 0.111 e. The number of nitrogen functional groups attached to an aromatic ring is 1. The molecule has 1 aliphatic heterocycles. The molecule has 27 heavy (non-hydrogen) atoms. The first-order valence-corrected chi connectivity index (χ1v) is 9.16. The highest BCUT2D eigenvalue weighted by atomic mass is 32.1. The van der Waals surface area contributed by atoms with E-state index in [0.717, 1.165) is 21.3 Å². The molecule has 0 atom stereocenters. The van der Waals surface area contributed by atoms with E-state index in [1.165, 1.54) is 5.56 Å². The largest absolute Gasteiger partial charge is 0.397 e. The van der Waals surface area contributed by atoms with Crippen molar-refractivity contribution in [3.05, 3.63) is 76.7 Å². The summed E-state index contributed by atoms with van der Waals surface area (Å²) in [6.45, 7) is 1.98. The van der Waals surface area contributed by atoms with Gasteiger partial charge in [0.05, 0.1) is 22.6 Å². The zero-order valence-electron chi connectivity index (χ0n) is 14.8. The van der Waals surface area contributed by atoms with Gasteiger partial charge in [-0.05, 0) is 42.8 Å². The number of anilines is 4. The fraction of sp³-hybridized carbons (Fsp3) is 0.0476. The van der Waals surface area contributed by atoms with Crippen molar-refractivity contribution in [2.75, 3.05) is 16.5 Å². The van der Waals surface area contributed by atoms with E-state index in [1.807, 2.05) is 73.7 Å². The summed E-state index contributed by atoms with van der Waals surface area (Å²) in [5.41, 5.74) is 13.2. The van der Waals surface area contributed by atoms with Crippen molar-refractivity contribution in [2.45, 2.75) is 6.92 Å². The molecule has 5 nitrogen and oxygen atoms in total. The third kappa shape index (κ3) is 4.75. The summed E-state index contributed by atoms with van der Waals surface area (Å²) in [4.78, 5) is 1.11. The molecule has 2 heterocycles. The van der Waals surface area contributed by atoms with Gasteiger partial charge in [-0.15, -0.1) is 11.3 Å². The molecule has 4 N–H and O–H groups in total. The lowest BCUT2D eigenvalue weighted by molar-refractivity contribution is 1.36. The number of hydrogen-bond acceptors (Lipinski definition) is 6.